The number of nitrogens with two attached hydrogens (primary N) is 1. The van der Waals surface area contributed by atoms with E-state index in [1.807, 2.05) is 0 Å². The molecule has 0 saturated heterocycles. The topological polar surface area (TPSA) is 152 Å². The molecule has 3 aromatic rings. The first-order valence-electron chi connectivity index (χ1n) is 12.0. The fraction of sp³-hybridized carbons (Fsp3) is 0.346. The summed E-state index contributed by atoms with van der Waals surface area (Å²) in [5.74, 6) is -1.44. The first kappa shape index (κ1) is 29.0. The predicted octanol–water partition coefficient (Wildman–Crippen LogP) is 2.44. The SMILES string of the molecule is COc1cc(C(=O)NCC(O)(c2cc3c(c(-c4ccc(F)cc4)n2)NC[C@@]3(C)N)C(F)(F)F)ncc1OCCO. The maximum atomic E-state index is 14.5. The third kappa shape index (κ3) is 5.50. The molecular weight excluding hydrogens is 538 g/mol. The van der Waals surface area contributed by atoms with E-state index in [0.29, 0.717) is 5.69 Å². The number of carbonyl (C=O) groups excluding carboxylic acids is 1. The number of hydrogen-bond acceptors (Lipinski definition) is 9. The molecule has 4 rings (SSSR count). The molecule has 1 aromatic carbocycles. The summed E-state index contributed by atoms with van der Waals surface area (Å²) in [6.07, 6.45) is -4.17. The third-order valence-electron chi connectivity index (χ3n) is 6.42. The lowest BCUT2D eigenvalue weighted by atomic mass is 9.89. The fourth-order valence-corrected chi connectivity index (χ4v) is 4.18. The number of anilines is 1. The lowest BCUT2D eigenvalue weighted by Gasteiger charge is -2.31. The molecule has 0 bridgehead atoms. The Balaban J connectivity index is 1.71. The zero-order chi connectivity index (χ0) is 29.3. The first-order chi connectivity index (χ1) is 18.8. The summed E-state index contributed by atoms with van der Waals surface area (Å²) in [6.45, 7) is 0.0961. The quantitative estimate of drug-likeness (QED) is 0.246. The van der Waals surface area contributed by atoms with E-state index in [0.717, 1.165) is 30.5 Å². The molecule has 0 saturated carbocycles. The Morgan fingerprint density at radius 2 is 1.93 bits per heavy atom. The number of carbonyl (C=O) groups is 1. The normalized spacial score (nSPS) is 17.9. The maximum absolute atomic E-state index is 14.5. The van der Waals surface area contributed by atoms with Crippen LogP contribution in [0.25, 0.3) is 11.3 Å². The van der Waals surface area contributed by atoms with Crippen molar-refractivity contribution in [2.75, 3.05) is 38.7 Å². The van der Waals surface area contributed by atoms with Gasteiger partial charge >= 0.3 is 6.18 Å². The van der Waals surface area contributed by atoms with Gasteiger partial charge < -0.3 is 36.1 Å². The van der Waals surface area contributed by atoms with Gasteiger partial charge in [0.1, 0.15) is 18.1 Å². The monoisotopic (exact) mass is 565 g/mol. The van der Waals surface area contributed by atoms with E-state index in [1.54, 1.807) is 6.92 Å². The predicted molar refractivity (Wildman–Crippen MR) is 135 cm³/mol. The van der Waals surface area contributed by atoms with E-state index in [2.05, 4.69) is 20.6 Å². The lowest BCUT2D eigenvalue weighted by Crippen LogP contribution is -2.52. The Morgan fingerprint density at radius 1 is 1.23 bits per heavy atom. The number of hydrogen-bond donors (Lipinski definition) is 5. The number of nitrogens with zero attached hydrogens (tertiary/aromatic N) is 2. The fourth-order valence-electron chi connectivity index (χ4n) is 4.18. The average Bonchev–Trinajstić information content (AvgIpc) is 3.23. The molecule has 2 aromatic heterocycles. The van der Waals surface area contributed by atoms with Gasteiger partial charge in [-0.05, 0) is 37.3 Å². The van der Waals surface area contributed by atoms with Crippen molar-refractivity contribution in [1.29, 1.82) is 0 Å². The Morgan fingerprint density at radius 3 is 2.55 bits per heavy atom. The van der Waals surface area contributed by atoms with Crippen molar-refractivity contribution >= 4 is 11.6 Å². The summed E-state index contributed by atoms with van der Waals surface area (Å²) in [7, 11) is 1.28. The molecule has 3 heterocycles. The highest BCUT2D eigenvalue weighted by Crippen LogP contribution is 2.45. The number of nitrogens with one attached hydrogen (secondary N) is 2. The van der Waals surface area contributed by atoms with Crippen LogP contribution in [0.3, 0.4) is 0 Å². The van der Waals surface area contributed by atoms with Crippen LogP contribution in [0.15, 0.2) is 42.6 Å². The molecule has 10 nitrogen and oxygen atoms in total. The van der Waals surface area contributed by atoms with Crippen molar-refractivity contribution in [2.24, 2.45) is 5.73 Å². The Kier molecular flexibility index (Phi) is 7.87. The molecule has 1 aliphatic heterocycles. The van der Waals surface area contributed by atoms with Crippen molar-refractivity contribution in [3.8, 4) is 22.8 Å². The second-order valence-electron chi connectivity index (χ2n) is 9.39. The zero-order valence-corrected chi connectivity index (χ0v) is 21.5. The lowest BCUT2D eigenvalue weighted by molar-refractivity contribution is -0.265. The summed E-state index contributed by atoms with van der Waals surface area (Å²) in [5.41, 5.74) is 1.38. The molecule has 14 heteroatoms. The van der Waals surface area contributed by atoms with Crippen LogP contribution in [0.5, 0.6) is 11.5 Å². The number of aromatic nitrogens is 2. The molecule has 214 valence electrons. The number of ether oxygens (including phenoxy) is 2. The van der Waals surface area contributed by atoms with Crippen LogP contribution in [0.2, 0.25) is 0 Å². The van der Waals surface area contributed by atoms with Gasteiger partial charge in [-0.3, -0.25) is 4.79 Å². The van der Waals surface area contributed by atoms with Crippen molar-refractivity contribution in [1.82, 2.24) is 15.3 Å². The number of pyridine rings is 2. The molecule has 0 fully saturated rings. The Hall–Kier alpha value is -4.01. The molecule has 1 aliphatic rings. The van der Waals surface area contributed by atoms with Crippen LogP contribution in [0.4, 0.5) is 23.2 Å². The summed E-state index contributed by atoms with van der Waals surface area (Å²) in [6, 6.07) is 7.14. The second kappa shape index (κ2) is 10.9. The van der Waals surface area contributed by atoms with E-state index in [1.165, 1.54) is 19.2 Å². The van der Waals surface area contributed by atoms with Crippen molar-refractivity contribution < 1.29 is 42.0 Å². The second-order valence-corrected chi connectivity index (χ2v) is 9.39. The maximum Gasteiger partial charge on any atom is 0.424 e. The third-order valence-corrected chi connectivity index (χ3v) is 6.42. The van der Waals surface area contributed by atoms with Crippen molar-refractivity contribution in [3.63, 3.8) is 0 Å². The van der Waals surface area contributed by atoms with Gasteiger partial charge in [0, 0.05) is 23.7 Å². The summed E-state index contributed by atoms with van der Waals surface area (Å²) in [5, 5.41) is 25.1. The van der Waals surface area contributed by atoms with Gasteiger partial charge in [-0.25, -0.2) is 14.4 Å². The van der Waals surface area contributed by atoms with E-state index in [9.17, 15) is 27.5 Å². The molecule has 1 amide bonds. The van der Waals surface area contributed by atoms with Gasteiger partial charge in [0.05, 0.1) is 49.1 Å². The minimum atomic E-state index is -5.29. The molecule has 0 radical (unpaired) electrons. The number of aliphatic hydroxyl groups is 2. The first-order valence-corrected chi connectivity index (χ1v) is 12.0. The van der Waals surface area contributed by atoms with Gasteiger partial charge in [-0.15, -0.1) is 0 Å². The molecule has 0 aliphatic carbocycles. The number of aliphatic hydroxyl groups excluding tert-OH is 1. The number of halogens is 4. The Labute approximate surface area is 226 Å². The summed E-state index contributed by atoms with van der Waals surface area (Å²) >= 11 is 0. The minimum Gasteiger partial charge on any atom is -0.493 e. The van der Waals surface area contributed by atoms with Crippen LogP contribution in [-0.2, 0) is 11.1 Å². The number of methoxy groups -OCH3 is 1. The van der Waals surface area contributed by atoms with Crippen molar-refractivity contribution in [3.05, 3.63) is 65.4 Å². The molecule has 1 unspecified atom stereocenters. The number of benzene rings is 1. The number of fused-ring (bicyclic) bond motifs is 1. The largest absolute Gasteiger partial charge is 0.493 e. The van der Waals surface area contributed by atoms with Gasteiger partial charge in [0.25, 0.3) is 5.91 Å². The number of rotatable bonds is 9. The minimum absolute atomic E-state index is 0.0283. The van der Waals surface area contributed by atoms with Crippen LogP contribution < -0.4 is 25.8 Å². The molecule has 40 heavy (non-hydrogen) atoms. The number of amides is 1. The molecule has 0 spiro atoms. The highest BCUT2D eigenvalue weighted by molar-refractivity contribution is 5.93. The van der Waals surface area contributed by atoms with Crippen LogP contribution in [0, 0.1) is 5.82 Å². The van der Waals surface area contributed by atoms with E-state index in [4.69, 9.17) is 20.3 Å². The Bertz CT molecular complexity index is 1400. The van der Waals surface area contributed by atoms with Crippen LogP contribution in [0.1, 0.15) is 28.7 Å². The van der Waals surface area contributed by atoms with E-state index in [-0.39, 0.29) is 53.8 Å². The van der Waals surface area contributed by atoms with Crippen LogP contribution in [-0.4, -0.2) is 65.7 Å². The van der Waals surface area contributed by atoms with Crippen LogP contribution >= 0.6 is 0 Å². The molecule has 2 atom stereocenters. The van der Waals surface area contributed by atoms with E-state index < -0.39 is 41.3 Å². The standard InChI is InChI=1S/C26H27F4N5O5/c1-24(31)12-33-22-16(24)9-20(35-21(22)14-3-5-15(27)6-4-14)25(38,26(28,29)30)13-34-23(37)17-10-18(39-2)19(11-32-17)40-8-7-36/h3-6,9-11,33,36,38H,7-8,12-13,31H2,1-2H3,(H,34,37)/t24-,25?/m1/s1. The van der Waals surface area contributed by atoms with Gasteiger partial charge in [-0.1, -0.05) is 0 Å². The highest BCUT2D eigenvalue weighted by atomic mass is 19.4. The smallest absolute Gasteiger partial charge is 0.424 e. The average molecular weight is 566 g/mol. The van der Waals surface area contributed by atoms with Crippen molar-refractivity contribution in [2.45, 2.75) is 24.2 Å². The number of alkyl halides is 3. The van der Waals surface area contributed by atoms with E-state index >= 15 is 0 Å². The highest BCUT2D eigenvalue weighted by Gasteiger charge is 2.57. The molecular formula is C26H27F4N5O5. The van der Waals surface area contributed by atoms with Gasteiger partial charge in [0.15, 0.2) is 11.5 Å². The molecule has 6 N–H and O–H groups in total. The summed E-state index contributed by atoms with van der Waals surface area (Å²) < 4.78 is 67.3. The van der Waals surface area contributed by atoms with Gasteiger partial charge in [-0.2, -0.15) is 13.2 Å². The van der Waals surface area contributed by atoms with Gasteiger partial charge in [0.2, 0.25) is 5.60 Å². The zero-order valence-electron chi connectivity index (χ0n) is 21.5. The summed E-state index contributed by atoms with van der Waals surface area (Å²) in [4.78, 5) is 20.8.